The van der Waals surface area contributed by atoms with Gasteiger partial charge in [0, 0.05) is 17.5 Å². The van der Waals surface area contributed by atoms with Crippen molar-refractivity contribution in [3.05, 3.63) is 16.1 Å². The third-order valence-corrected chi connectivity index (χ3v) is 3.11. The maximum atomic E-state index is 11.6. The summed E-state index contributed by atoms with van der Waals surface area (Å²) in [5.41, 5.74) is -0.232. The largest absolute Gasteiger partial charge is 0.465 e. The molecule has 86 valence electrons. The van der Waals surface area contributed by atoms with Crippen LogP contribution in [0.2, 0.25) is 0 Å². The van der Waals surface area contributed by atoms with Crippen molar-refractivity contribution in [2.75, 3.05) is 6.61 Å². The quantitative estimate of drug-likeness (QED) is 0.753. The molecule has 1 atom stereocenters. The molecule has 0 spiro atoms. The first kappa shape index (κ1) is 12.7. The van der Waals surface area contributed by atoms with Crippen LogP contribution in [0.15, 0.2) is 5.38 Å². The normalized spacial score (nSPS) is 13.9. The number of hydrogen-bond acceptors (Lipinski definition) is 5. The molecule has 0 amide bonds. The van der Waals surface area contributed by atoms with Crippen LogP contribution in [-0.2, 0) is 16.0 Å². The molecule has 0 N–H and O–H groups in total. The second-order valence-corrected chi connectivity index (χ2v) is 4.67. The van der Waals surface area contributed by atoms with Crippen LogP contribution in [0.5, 0.6) is 0 Å². The fourth-order valence-electron chi connectivity index (χ4n) is 1.23. The highest BCUT2D eigenvalue weighted by Gasteiger charge is 2.36. The summed E-state index contributed by atoms with van der Waals surface area (Å²) >= 11 is 1.46. The number of nitriles is 1. The first-order valence-electron chi connectivity index (χ1n) is 5.01. The third-order valence-electron chi connectivity index (χ3n) is 2.14. The highest BCUT2D eigenvalue weighted by molar-refractivity contribution is 7.09. The highest BCUT2D eigenvalue weighted by atomic mass is 32.1. The van der Waals surface area contributed by atoms with Crippen LogP contribution in [0.1, 0.15) is 24.5 Å². The Kier molecular flexibility index (Phi) is 4.02. The van der Waals surface area contributed by atoms with Crippen molar-refractivity contribution in [1.82, 2.24) is 4.98 Å². The van der Waals surface area contributed by atoms with Gasteiger partial charge in [0.15, 0.2) is 5.41 Å². The van der Waals surface area contributed by atoms with Crippen molar-refractivity contribution in [3.8, 4) is 6.07 Å². The Morgan fingerprint density at radius 2 is 2.44 bits per heavy atom. The minimum absolute atomic E-state index is 0.285. The number of esters is 1. The van der Waals surface area contributed by atoms with Gasteiger partial charge in [-0.05, 0) is 20.8 Å². The lowest BCUT2D eigenvalue weighted by molar-refractivity contribution is -0.151. The maximum absolute atomic E-state index is 11.6. The van der Waals surface area contributed by atoms with Crippen LogP contribution in [0.3, 0.4) is 0 Å². The summed E-state index contributed by atoms with van der Waals surface area (Å²) in [6.45, 7) is 5.48. The van der Waals surface area contributed by atoms with Gasteiger partial charge in [-0.1, -0.05) is 0 Å². The molecule has 0 aliphatic carbocycles. The van der Waals surface area contributed by atoms with Crippen molar-refractivity contribution in [1.29, 1.82) is 5.26 Å². The van der Waals surface area contributed by atoms with Crippen LogP contribution < -0.4 is 0 Å². The SMILES string of the molecule is CCOC(=O)C(C)(C#N)Cc1nc(C)cs1. The van der Waals surface area contributed by atoms with E-state index in [1.165, 1.54) is 11.3 Å². The lowest BCUT2D eigenvalue weighted by Crippen LogP contribution is -2.30. The zero-order chi connectivity index (χ0) is 12.2. The van der Waals surface area contributed by atoms with E-state index in [9.17, 15) is 4.79 Å². The zero-order valence-electron chi connectivity index (χ0n) is 9.61. The summed E-state index contributed by atoms with van der Waals surface area (Å²) in [6.07, 6.45) is 0.306. The molecule has 0 radical (unpaired) electrons. The van der Waals surface area contributed by atoms with Crippen molar-refractivity contribution >= 4 is 17.3 Å². The number of hydrogen-bond donors (Lipinski definition) is 0. The Labute approximate surface area is 98.9 Å². The summed E-state index contributed by atoms with van der Waals surface area (Å²) < 4.78 is 4.89. The number of aromatic nitrogens is 1. The van der Waals surface area contributed by atoms with Crippen LogP contribution in [0, 0.1) is 23.7 Å². The number of carbonyl (C=O) groups excluding carboxylic acids is 1. The first-order valence-corrected chi connectivity index (χ1v) is 5.89. The number of ether oxygens (including phenoxy) is 1. The van der Waals surface area contributed by atoms with Gasteiger partial charge in [0.05, 0.1) is 17.7 Å². The second kappa shape index (κ2) is 5.08. The molecule has 4 nitrogen and oxygen atoms in total. The molecule has 16 heavy (non-hydrogen) atoms. The molecule has 0 aromatic carbocycles. The number of thiazole rings is 1. The van der Waals surface area contributed by atoms with Crippen molar-refractivity contribution < 1.29 is 9.53 Å². The fourth-order valence-corrected chi connectivity index (χ4v) is 2.16. The van der Waals surface area contributed by atoms with Gasteiger partial charge in [0.25, 0.3) is 0 Å². The van der Waals surface area contributed by atoms with E-state index in [0.29, 0.717) is 6.42 Å². The molecule has 0 aliphatic heterocycles. The van der Waals surface area contributed by atoms with E-state index in [1.807, 2.05) is 18.4 Å². The first-order chi connectivity index (χ1) is 7.51. The Hall–Kier alpha value is -1.41. The Morgan fingerprint density at radius 3 is 2.88 bits per heavy atom. The van der Waals surface area contributed by atoms with Gasteiger partial charge in [-0.3, -0.25) is 4.79 Å². The molecular formula is C11H14N2O2S. The molecule has 1 aromatic rings. The summed E-state index contributed by atoms with van der Waals surface area (Å²) in [5.74, 6) is -0.481. The lowest BCUT2D eigenvalue weighted by atomic mass is 9.89. The molecule has 0 saturated heterocycles. The van der Waals surface area contributed by atoms with Crippen LogP contribution >= 0.6 is 11.3 Å². The maximum Gasteiger partial charge on any atom is 0.326 e. The summed E-state index contributed by atoms with van der Waals surface area (Å²) in [6, 6.07) is 2.01. The van der Waals surface area contributed by atoms with E-state index in [2.05, 4.69) is 4.98 Å². The molecule has 1 rings (SSSR count). The number of carbonyl (C=O) groups is 1. The molecule has 0 saturated carbocycles. The van der Waals surface area contributed by atoms with Crippen molar-refractivity contribution in [2.24, 2.45) is 5.41 Å². The average molecular weight is 238 g/mol. The topological polar surface area (TPSA) is 63.0 Å². The summed E-state index contributed by atoms with van der Waals surface area (Å²) in [5, 5.41) is 11.8. The van der Waals surface area contributed by atoms with Gasteiger partial charge in [-0.25, -0.2) is 4.98 Å². The van der Waals surface area contributed by atoms with Gasteiger partial charge in [0.1, 0.15) is 0 Å². The number of rotatable bonds is 4. The van der Waals surface area contributed by atoms with E-state index in [0.717, 1.165) is 10.7 Å². The highest BCUT2D eigenvalue weighted by Crippen LogP contribution is 2.25. The number of nitrogens with zero attached hydrogens (tertiary/aromatic N) is 2. The molecule has 1 aromatic heterocycles. The van der Waals surface area contributed by atoms with Crippen LogP contribution in [0.25, 0.3) is 0 Å². The lowest BCUT2D eigenvalue weighted by Gasteiger charge is -2.17. The van der Waals surface area contributed by atoms with E-state index < -0.39 is 11.4 Å². The molecule has 1 heterocycles. The van der Waals surface area contributed by atoms with Crippen LogP contribution in [-0.4, -0.2) is 17.6 Å². The second-order valence-electron chi connectivity index (χ2n) is 3.72. The van der Waals surface area contributed by atoms with Crippen molar-refractivity contribution in [2.45, 2.75) is 27.2 Å². The van der Waals surface area contributed by atoms with Gasteiger partial charge >= 0.3 is 5.97 Å². The molecular weight excluding hydrogens is 224 g/mol. The third kappa shape index (κ3) is 2.80. The van der Waals surface area contributed by atoms with Gasteiger partial charge in [-0.2, -0.15) is 5.26 Å². The van der Waals surface area contributed by atoms with E-state index in [4.69, 9.17) is 10.00 Å². The summed E-state index contributed by atoms with van der Waals surface area (Å²) in [7, 11) is 0. The van der Waals surface area contributed by atoms with Crippen molar-refractivity contribution in [3.63, 3.8) is 0 Å². The molecule has 0 bridgehead atoms. The average Bonchev–Trinajstić information content (AvgIpc) is 2.64. The smallest absolute Gasteiger partial charge is 0.326 e. The molecule has 0 aliphatic rings. The Morgan fingerprint density at radius 1 is 1.75 bits per heavy atom. The predicted molar refractivity (Wildman–Crippen MR) is 60.9 cm³/mol. The Bertz CT molecular complexity index is 422. The monoisotopic (exact) mass is 238 g/mol. The molecule has 0 fully saturated rings. The number of aryl methyl sites for hydroxylation is 1. The standard InChI is InChI=1S/C11H14N2O2S/c1-4-15-10(14)11(3,7-12)5-9-13-8(2)6-16-9/h6H,4-5H2,1-3H3. The minimum atomic E-state index is -1.14. The summed E-state index contributed by atoms with van der Waals surface area (Å²) in [4.78, 5) is 15.9. The van der Waals surface area contributed by atoms with Crippen LogP contribution in [0.4, 0.5) is 0 Å². The van der Waals surface area contributed by atoms with Gasteiger partial charge in [0.2, 0.25) is 0 Å². The molecule has 5 heteroatoms. The minimum Gasteiger partial charge on any atom is -0.465 e. The Balaban J connectivity index is 2.82. The van der Waals surface area contributed by atoms with Gasteiger partial charge < -0.3 is 4.74 Å². The van der Waals surface area contributed by atoms with E-state index >= 15 is 0 Å². The molecule has 1 unspecified atom stereocenters. The van der Waals surface area contributed by atoms with E-state index in [1.54, 1.807) is 13.8 Å². The van der Waals surface area contributed by atoms with Gasteiger partial charge in [-0.15, -0.1) is 11.3 Å². The predicted octanol–water partition coefficient (Wildman–Crippen LogP) is 2.09. The fraction of sp³-hybridized carbons (Fsp3) is 0.545. The zero-order valence-corrected chi connectivity index (χ0v) is 10.4. The van der Waals surface area contributed by atoms with E-state index in [-0.39, 0.29) is 6.61 Å².